The number of anilines is 3. The zero-order valence-corrected chi connectivity index (χ0v) is 14.4. The summed E-state index contributed by atoms with van der Waals surface area (Å²) in [6, 6.07) is 11.4. The number of carbonyl (C=O) groups excluding carboxylic acids is 1. The second-order valence-corrected chi connectivity index (χ2v) is 6.22. The summed E-state index contributed by atoms with van der Waals surface area (Å²) in [5.41, 5.74) is 1.75. The standard InChI is InChI=1S/C19H24N4O2/c1-25-17-9-5-8-15(12-17)21-16-10-11-18(20-13-16)23-19(24)22-14-6-3-2-4-7-14/h5,8-14,21H,2-4,6-7H2,1H3,(H2,20,22,23,24). The number of carbonyl (C=O) groups is 1. The Hall–Kier alpha value is -2.76. The van der Waals surface area contributed by atoms with Crippen molar-refractivity contribution in [3.05, 3.63) is 42.6 Å². The number of hydrogen-bond acceptors (Lipinski definition) is 4. The number of ether oxygens (including phenoxy) is 1. The van der Waals surface area contributed by atoms with E-state index in [4.69, 9.17) is 4.74 Å². The van der Waals surface area contributed by atoms with Gasteiger partial charge >= 0.3 is 6.03 Å². The summed E-state index contributed by atoms with van der Waals surface area (Å²) in [5.74, 6) is 1.32. The molecule has 0 aliphatic heterocycles. The average molecular weight is 340 g/mol. The summed E-state index contributed by atoms with van der Waals surface area (Å²) in [6.07, 6.45) is 7.45. The first kappa shape index (κ1) is 17.1. The lowest BCUT2D eigenvalue weighted by Gasteiger charge is -2.22. The van der Waals surface area contributed by atoms with E-state index in [1.165, 1.54) is 19.3 Å². The molecule has 1 heterocycles. The predicted molar refractivity (Wildman–Crippen MR) is 99.5 cm³/mol. The zero-order valence-electron chi connectivity index (χ0n) is 14.4. The number of nitrogens with zero attached hydrogens (tertiary/aromatic N) is 1. The number of aromatic nitrogens is 1. The second-order valence-electron chi connectivity index (χ2n) is 6.22. The number of rotatable bonds is 5. The Morgan fingerprint density at radius 2 is 1.96 bits per heavy atom. The minimum absolute atomic E-state index is 0.187. The van der Waals surface area contributed by atoms with Crippen molar-refractivity contribution in [2.24, 2.45) is 0 Å². The maximum Gasteiger partial charge on any atom is 0.320 e. The van der Waals surface area contributed by atoms with Crippen LogP contribution in [0.4, 0.5) is 22.0 Å². The molecule has 1 fully saturated rings. The Kier molecular flexibility index (Phi) is 5.72. The zero-order chi connectivity index (χ0) is 17.5. The first-order valence-corrected chi connectivity index (χ1v) is 8.67. The number of urea groups is 1. The molecule has 0 spiro atoms. The van der Waals surface area contributed by atoms with Gasteiger partial charge in [0.05, 0.1) is 19.0 Å². The molecule has 1 aromatic carbocycles. The largest absolute Gasteiger partial charge is 0.497 e. The van der Waals surface area contributed by atoms with Crippen LogP contribution in [0.3, 0.4) is 0 Å². The fraction of sp³-hybridized carbons (Fsp3) is 0.368. The number of benzene rings is 1. The monoisotopic (exact) mass is 340 g/mol. The summed E-state index contributed by atoms with van der Waals surface area (Å²) in [4.78, 5) is 16.3. The van der Waals surface area contributed by atoms with E-state index in [2.05, 4.69) is 20.9 Å². The van der Waals surface area contributed by atoms with Gasteiger partial charge < -0.3 is 15.4 Å². The van der Waals surface area contributed by atoms with Crippen molar-refractivity contribution >= 4 is 23.2 Å². The van der Waals surface area contributed by atoms with E-state index < -0.39 is 0 Å². The molecule has 2 aromatic rings. The highest BCUT2D eigenvalue weighted by Crippen LogP contribution is 2.21. The van der Waals surface area contributed by atoms with E-state index in [9.17, 15) is 4.79 Å². The van der Waals surface area contributed by atoms with Crippen LogP contribution in [0.15, 0.2) is 42.6 Å². The third-order valence-corrected chi connectivity index (χ3v) is 4.30. The molecular weight excluding hydrogens is 316 g/mol. The molecule has 3 rings (SSSR count). The molecule has 0 bridgehead atoms. The number of amides is 2. The first-order chi connectivity index (χ1) is 12.2. The van der Waals surface area contributed by atoms with Crippen LogP contribution in [0.2, 0.25) is 0 Å². The molecule has 0 atom stereocenters. The molecule has 2 amide bonds. The summed E-state index contributed by atoms with van der Waals surface area (Å²) >= 11 is 0. The van der Waals surface area contributed by atoms with Crippen molar-refractivity contribution in [2.75, 3.05) is 17.7 Å². The van der Waals surface area contributed by atoms with Gasteiger partial charge in [0, 0.05) is 17.8 Å². The van der Waals surface area contributed by atoms with Crippen molar-refractivity contribution in [3.63, 3.8) is 0 Å². The topological polar surface area (TPSA) is 75.3 Å². The number of pyridine rings is 1. The van der Waals surface area contributed by atoms with E-state index in [1.54, 1.807) is 19.4 Å². The maximum absolute atomic E-state index is 12.0. The van der Waals surface area contributed by atoms with Crippen molar-refractivity contribution < 1.29 is 9.53 Å². The lowest BCUT2D eigenvalue weighted by atomic mass is 9.96. The molecule has 132 valence electrons. The molecule has 3 N–H and O–H groups in total. The molecular formula is C19H24N4O2. The summed E-state index contributed by atoms with van der Waals surface area (Å²) in [5, 5.41) is 9.06. The summed E-state index contributed by atoms with van der Waals surface area (Å²) in [6.45, 7) is 0. The van der Waals surface area contributed by atoms with Crippen molar-refractivity contribution in [1.82, 2.24) is 10.3 Å². The lowest BCUT2D eigenvalue weighted by molar-refractivity contribution is 0.244. The van der Waals surface area contributed by atoms with E-state index in [1.807, 2.05) is 30.3 Å². The van der Waals surface area contributed by atoms with Crippen molar-refractivity contribution in [3.8, 4) is 5.75 Å². The van der Waals surface area contributed by atoms with Crippen LogP contribution in [0.5, 0.6) is 5.75 Å². The molecule has 25 heavy (non-hydrogen) atoms. The molecule has 0 saturated heterocycles. The minimum atomic E-state index is -0.187. The second kappa shape index (κ2) is 8.37. The van der Waals surface area contributed by atoms with Gasteiger partial charge in [0.2, 0.25) is 0 Å². The number of methoxy groups -OCH3 is 1. The SMILES string of the molecule is COc1cccc(Nc2ccc(NC(=O)NC3CCCCC3)nc2)c1. The van der Waals surface area contributed by atoms with Crippen molar-refractivity contribution in [1.29, 1.82) is 0 Å². The van der Waals surface area contributed by atoms with Gasteiger partial charge in [0.1, 0.15) is 11.6 Å². The molecule has 1 aromatic heterocycles. The van der Waals surface area contributed by atoms with E-state index in [0.29, 0.717) is 5.82 Å². The third-order valence-electron chi connectivity index (χ3n) is 4.30. The highest BCUT2D eigenvalue weighted by molar-refractivity contribution is 5.88. The van der Waals surface area contributed by atoms with Gasteiger partial charge in [-0.2, -0.15) is 0 Å². The fourth-order valence-electron chi connectivity index (χ4n) is 2.99. The lowest BCUT2D eigenvalue weighted by Crippen LogP contribution is -2.39. The molecule has 0 radical (unpaired) electrons. The Balaban J connectivity index is 1.53. The quantitative estimate of drug-likeness (QED) is 0.759. The third kappa shape index (κ3) is 5.11. The van der Waals surface area contributed by atoms with E-state index in [-0.39, 0.29) is 12.1 Å². The first-order valence-electron chi connectivity index (χ1n) is 8.67. The number of hydrogen-bond donors (Lipinski definition) is 3. The van der Waals surface area contributed by atoms with Crippen LogP contribution < -0.4 is 20.7 Å². The Bertz CT molecular complexity index is 697. The van der Waals surface area contributed by atoms with Gasteiger partial charge in [-0.1, -0.05) is 25.3 Å². The Morgan fingerprint density at radius 3 is 2.68 bits per heavy atom. The molecule has 0 unspecified atom stereocenters. The Labute approximate surface area is 148 Å². The molecule has 1 aliphatic rings. The van der Waals surface area contributed by atoms with E-state index in [0.717, 1.165) is 30.0 Å². The number of nitrogens with one attached hydrogen (secondary N) is 3. The molecule has 6 nitrogen and oxygen atoms in total. The molecule has 1 aliphatic carbocycles. The normalized spacial score (nSPS) is 14.6. The summed E-state index contributed by atoms with van der Waals surface area (Å²) in [7, 11) is 1.64. The van der Waals surface area contributed by atoms with Crippen LogP contribution >= 0.6 is 0 Å². The average Bonchev–Trinajstić information content (AvgIpc) is 2.64. The van der Waals surface area contributed by atoms with Crippen LogP contribution in [0.25, 0.3) is 0 Å². The van der Waals surface area contributed by atoms with Gasteiger partial charge in [-0.25, -0.2) is 9.78 Å². The summed E-state index contributed by atoms with van der Waals surface area (Å²) < 4.78 is 5.21. The van der Waals surface area contributed by atoms with Crippen molar-refractivity contribution in [2.45, 2.75) is 38.1 Å². The van der Waals surface area contributed by atoms with Gasteiger partial charge in [0.25, 0.3) is 0 Å². The van der Waals surface area contributed by atoms with Crippen LogP contribution in [-0.4, -0.2) is 24.2 Å². The molecule has 1 saturated carbocycles. The van der Waals surface area contributed by atoms with Crippen LogP contribution in [0, 0.1) is 0 Å². The van der Waals surface area contributed by atoms with Crippen LogP contribution in [-0.2, 0) is 0 Å². The Morgan fingerprint density at radius 1 is 1.12 bits per heavy atom. The van der Waals surface area contributed by atoms with Gasteiger partial charge in [-0.05, 0) is 37.1 Å². The molecule has 6 heteroatoms. The van der Waals surface area contributed by atoms with Gasteiger partial charge in [-0.3, -0.25) is 5.32 Å². The highest BCUT2D eigenvalue weighted by atomic mass is 16.5. The smallest absolute Gasteiger partial charge is 0.320 e. The highest BCUT2D eigenvalue weighted by Gasteiger charge is 2.15. The van der Waals surface area contributed by atoms with Gasteiger partial charge in [-0.15, -0.1) is 0 Å². The fourth-order valence-corrected chi connectivity index (χ4v) is 2.99. The van der Waals surface area contributed by atoms with E-state index >= 15 is 0 Å². The van der Waals surface area contributed by atoms with Gasteiger partial charge in [0.15, 0.2) is 0 Å². The minimum Gasteiger partial charge on any atom is -0.497 e. The maximum atomic E-state index is 12.0. The predicted octanol–water partition coefficient (Wildman–Crippen LogP) is 4.29. The van der Waals surface area contributed by atoms with Crippen LogP contribution in [0.1, 0.15) is 32.1 Å².